The second kappa shape index (κ2) is 5.24. The standard InChI is InChI=1S/C12H19N3O2S/c1-2-11(13)12-4-3-10(9-14-12)15-5-7-18(16,17)8-6-15/h3-4,9,11H,2,5-8,13H2,1H3/t11-/m1/s1. The van der Waals surface area contributed by atoms with Crippen LogP contribution in [0.1, 0.15) is 25.1 Å². The molecule has 0 bridgehead atoms. The summed E-state index contributed by atoms with van der Waals surface area (Å²) in [4.78, 5) is 6.40. The van der Waals surface area contributed by atoms with E-state index in [0.717, 1.165) is 17.8 Å². The van der Waals surface area contributed by atoms with Crippen molar-refractivity contribution in [1.29, 1.82) is 0 Å². The second-order valence-electron chi connectivity index (χ2n) is 4.59. The van der Waals surface area contributed by atoms with Crippen molar-refractivity contribution in [1.82, 2.24) is 4.98 Å². The van der Waals surface area contributed by atoms with Crippen molar-refractivity contribution in [3.8, 4) is 0 Å². The van der Waals surface area contributed by atoms with Crippen LogP contribution in [0.2, 0.25) is 0 Å². The van der Waals surface area contributed by atoms with E-state index in [1.807, 2.05) is 19.1 Å². The van der Waals surface area contributed by atoms with E-state index >= 15 is 0 Å². The van der Waals surface area contributed by atoms with Crippen molar-refractivity contribution >= 4 is 15.5 Å². The van der Waals surface area contributed by atoms with Crippen LogP contribution < -0.4 is 10.6 Å². The predicted octanol–water partition coefficient (Wildman–Crippen LogP) is 0.726. The SMILES string of the molecule is CC[C@@H](N)c1ccc(N2CCS(=O)(=O)CC2)cn1. The van der Waals surface area contributed by atoms with E-state index in [4.69, 9.17) is 5.73 Å². The van der Waals surface area contributed by atoms with Gasteiger partial charge in [-0.1, -0.05) is 6.92 Å². The quantitative estimate of drug-likeness (QED) is 0.875. The maximum Gasteiger partial charge on any atom is 0.153 e. The number of anilines is 1. The van der Waals surface area contributed by atoms with Crippen LogP contribution in [0.15, 0.2) is 18.3 Å². The van der Waals surface area contributed by atoms with Gasteiger partial charge in [0.05, 0.1) is 29.1 Å². The minimum absolute atomic E-state index is 0.0271. The summed E-state index contributed by atoms with van der Waals surface area (Å²) >= 11 is 0. The Hall–Kier alpha value is -1.14. The Morgan fingerprint density at radius 3 is 2.56 bits per heavy atom. The Labute approximate surface area is 108 Å². The molecule has 0 spiro atoms. The van der Waals surface area contributed by atoms with Crippen molar-refractivity contribution in [3.63, 3.8) is 0 Å². The molecule has 1 aromatic rings. The van der Waals surface area contributed by atoms with E-state index in [2.05, 4.69) is 9.88 Å². The van der Waals surface area contributed by atoms with Gasteiger partial charge >= 0.3 is 0 Å². The molecule has 1 atom stereocenters. The number of nitrogens with two attached hydrogens (primary N) is 1. The van der Waals surface area contributed by atoms with E-state index < -0.39 is 9.84 Å². The highest BCUT2D eigenvalue weighted by Gasteiger charge is 2.21. The van der Waals surface area contributed by atoms with E-state index in [1.54, 1.807) is 6.20 Å². The maximum atomic E-state index is 11.4. The molecule has 2 rings (SSSR count). The van der Waals surface area contributed by atoms with Crippen LogP contribution >= 0.6 is 0 Å². The van der Waals surface area contributed by atoms with Crippen molar-refractivity contribution in [2.75, 3.05) is 29.5 Å². The molecule has 0 saturated carbocycles. The summed E-state index contributed by atoms with van der Waals surface area (Å²) < 4.78 is 22.7. The van der Waals surface area contributed by atoms with Gasteiger partial charge in [0.1, 0.15) is 0 Å². The van der Waals surface area contributed by atoms with Crippen molar-refractivity contribution in [2.24, 2.45) is 5.73 Å². The van der Waals surface area contributed by atoms with Gasteiger partial charge in [0.2, 0.25) is 0 Å². The first-order valence-electron chi connectivity index (χ1n) is 6.19. The summed E-state index contributed by atoms with van der Waals surface area (Å²) in [5.41, 5.74) is 7.75. The molecular formula is C12H19N3O2S. The van der Waals surface area contributed by atoms with Gasteiger partial charge in [0.25, 0.3) is 0 Å². The average Bonchev–Trinajstić information content (AvgIpc) is 2.38. The molecule has 1 saturated heterocycles. The Kier molecular flexibility index (Phi) is 3.87. The molecule has 1 aliphatic heterocycles. The molecule has 0 aromatic carbocycles. The molecule has 0 unspecified atom stereocenters. The Morgan fingerprint density at radius 2 is 2.06 bits per heavy atom. The zero-order chi connectivity index (χ0) is 13.2. The fourth-order valence-corrected chi connectivity index (χ4v) is 3.18. The van der Waals surface area contributed by atoms with E-state index in [0.29, 0.717) is 13.1 Å². The fourth-order valence-electron chi connectivity index (χ4n) is 1.98. The minimum atomic E-state index is -2.83. The first kappa shape index (κ1) is 13.3. The number of pyridine rings is 1. The lowest BCUT2D eigenvalue weighted by molar-refractivity contribution is 0.586. The highest BCUT2D eigenvalue weighted by Crippen LogP contribution is 2.18. The van der Waals surface area contributed by atoms with Gasteiger partial charge in [-0.3, -0.25) is 4.98 Å². The molecule has 0 radical (unpaired) electrons. The molecule has 18 heavy (non-hydrogen) atoms. The molecule has 1 fully saturated rings. The molecule has 2 heterocycles. The van der Waals surface area contributed by atoms with Crippen LogP contribution in [0.3, 0.4) is 0 Å². The zero-order valence-corrected chi connectivity index (χ0v) is 11.4. The zero-order valence-electron chi connectivity index (χ0n) is 10.5. The van der Waals surface area contributed by atoms with Crippen LogP contribution in [-0.2, 0) is 9.84 Å². The minimum Gasteiger partial charge on any atom is -0.368 e. The lowest BCUT2D eigenvalue weighted by Crippen LogP contribution is -2.40. The smallest absolute Gasteiger partial charge is 0.153 e. The second-order valence-corrected chi connectivity index (χ2v) is 6.90. The average molecular weight is 269 g/mol. The summed E-state index contributed by atoms with van der Waals surface area (Å²) in [5.74, 6) is 0.451. The van der Waals surface area contributed by atoms with Gasteiger partial charge in [-0.15, -0.1) is 0 Å². The van der Waals surface area contributed by atoms with Gasteiger partial charge in [0.15, 0.2) is 9.84 Å². The van der Waals surface area contributed by atoms with Gasteiger partial charge in [-0.2, -0.15) is 0 Å². The Bertz CT molecular complexity index is 485. The lowest BCUT2D eigenvalue weighted by atomic mass is 10.1. The highest BCUT2D eigenvalue weighted by molar-refractivity contribution is 7.91. The molecule has 0 aliphatic carbocycles. The van der Waals surface area contributed by atoms with Crippen LogP contribution in [0.25, 0.3) is 0 Å². The Balaban J connectivity index is 2.07. The van der Waals surface area contributed by atoms with Gasteiger partial charge in [0, 0.05) is 19.1 Å². The summed E-state index contributed by atoms with van der Waals surface area (Å²) in [6.07, 6.45) is 2.64. The first-order valence-corrected chi connectivity index (χ1v) is 8.01. The third kappa shape index (κ3) is 3.00. The van der Waals surface area contributed by atoms with E-state index in [1.165, 1.54) is 0 Å². The summed E-state index contributed by atoms with van der Waals surface area (Å²) in [5, 5.41) is 0. The first-order chi connectivity index (χ1) is 8.52. The van der Waals surface area contributed by atoms with E-state index in [9.17, 15) is 8.42 Å². The number of rotatable bonds is 3. The molecular weight excluding hydrogens is 250 g/mol. The van der Waals surface area contributed by atoms with Crippen LogP contribution in [0.4, 0.5) is 5.69 Å². The van der Waals surface area contributed by atoms with Crippen LogP contribution in [0.5, 0.6) is 0 Å². The molecule has 5 nitrogen and oxygen atoms in total. The van der Waals surface area contributed by atoms with Gasteiger partial charge in [-0.25, -0.2) is 8.42 Å². The number of sulfone groups is 1. The van der Waals surface area contributed by atoms with Crippen molar-refractivity contribution in [3.05, 3.63) is 24.0 Å². The third-order valence-corrected chi connectivity index (χ3v) is 4.91. The monoisotopic (exact) mass is 269 g/mol. The van der Waals surface area contributed by atoms with Crippen LogP contribution in [-0.4, -0.2) is 38.0 Å². The van der Waals surface area contributed by atoms with Crippen LogP contribution in [0, 0.1) is 0 Å². The lowest BCUT2D eigenvalue weighted by Gasteiger charge is -2.28. The topological polar surface area (TPSA) is 76.3 Å². The summed E-state index contributed by atoms with van der Waals surface area (Å²) in [7, 11) is -2.83. The molecule has 6 heteroatoms. The van der Waals surface area contributed by atoms with Gasteiger partial charge < -0.3 is 10.6 Å². The normalized spacial score (nSPS) is 20.7. The summed E-state index contributed by atoms with van der Waals surface area (Å²) in [6.45, 7) is 3.11. The van der Waals surface area contributed by atoms with Gasteiger partial charge in [-0.05, 0) is 18.6 Å². The molecule has 2 N–H and O–H groups in total. The third-order valence-electron chi connectivity index (χ3n) is 3.30. The molecule has 0 amide bonds. The fraction of sp³-hybridized carbons (Fsp3) is 0.583. The Morgan fingerprint density at radius 1 is 1.39 bits per heavy atom. The summed E-state index contributed by atoms with van der Waals surface area (Å²) in [6, 6.07) is 3.86. The largest absolute Gasteiger partial charge is 0.368 e. The highest BCUT2D eigenvalue weighted by atomic mass is 32.2. The predicted molar refractivity (Wildman–Crippen MR) is 72.3 cm³/mol. The number of hydrogen-bond donors (Lipinski definition) is 1. The number of aromatic nitrogens is 1. The van der Waals surface area contributed by atoms with E-state index in [-0.39, 0.29) is 17.5 Å². The number of nitrogens with zero attached hydrogens (tertiary/aromatic N) is 2. The molecule has 1 aromatic heterocycles. The van der Waals surface area contributed by atoms with Crippen molar-refractivity contribution < 1.29 is 8.42 Å². The van der Waals surface area contributed by atoms with Crippen molar-refractivity contribution in [2.45, 2.75) is 19.4 Å². The number of hydrogen-bond acceptors (Lipinski definition) is 5. The molecule has 100 valence electrons. The molecule has 1 aliphatic rings. The maximum absolute atomic E-state index is 11.4.